The number of hydrogen-bond donors (Lipinski definition) is 2. The molecule has 2 aromatic carbocycles. The van der Waals surface area contributed by atoms with Crippen LogP contribution >= 0.6 is 11.6 Å². The maximum atomic E-state index is 6.09. The Hall–Kier alpha value is -2.79. The molecule has 0 unspecified atom stereocenters. The Morgan fingerprint density at radius 1 is 0.870 bits per heavy atom. The highest BCUT2D eigenvalue weighted by atomic mass is 35.5. The lowest BCUT2D eigenvalue weighted by atomic mass is 10.3. The van der Waals surface area contributed by atoms with Crippen LogP contribution < -0.4 is 15.4 Å². The number of rotatable bonds is 5. The van der Waals surface area contributed by atoms with E-state index >= 15 is 0 Å². The fraction of sp³-hybridized carbons (Fsp3) is 0.0588. The molecule has 0 saturated carbocycles. The minimum atomic E-state index is 0.351. The third-order valence-corrected chi connectivity index (χ3v) is 3.26. The standard InChI is InChI=1S/C17H15ClN4O/c1-23-14-9-5-8-13(10-14)20-17-21-15(18)11-16(22-17)19-12-6-3-2-4-7-12/h2-11H,1H3,(H2,19,20,21,22). The second-order valence-electron chi connectivity index (χ2n) is 4.75. The van der Waals surface area contributed by atoms with E-state index in [4.69, 9.17) is 16.3 Å². The summed E-state index contributed by atoms with van der Waals surface area (Å²) in [5.74, 6) is 1.77. The van der Waals surface area contributed by atoms with Crippen LogP contribution in [0.2, 0.25) is 5.15 Å². The average Bonchev–Trinajstić information content (AvgIpc) is 2.55. The molecular formula is C17H15ClN4O. The van der Waals surface area contributed by atoms with E-state index in [1.807, 2.05) is 54.6 Å². The Morgan fingerprint density at radius 3 is 2.43 bits per heavy atom. The summed E-state index contributed by atoms with van der Waals surface area (Å²) in [5, 5.41) is 6.66. The molecular weight excluding hydrogens is 312 g/mol. The van der Waals surface area contributed by atoms with Gasteiger partial charge < -0.3 is 15.4 Å². The lowest BCUT2D eigenvalue weighted by molar-refractivity contribution is 0.415. The molecule has 0 aliphatic heterocycles. The van der Waals surface area contributed by atoms with Crippen molar-refractivity contribution in [1.82, 2.24) is 9.97 Å². The van der Waals surface area contributed by atoms with Crippen molar-refractivity contribution in [2.75, 3.05) is 17.7 Å². The molecule has 0 amide bonds. The highest BCUT2D eigenvalue weighted by Crippen LogP contribution is 2.23. The third kappa shape index (κ3) is 4.11. The number of para-hydroxylation sites is 1. The van der Waals surface area contributed by atoms with Gasteiger partial charge in [-0.25, -0.2) is 4.98 Å². The first kappa shape index (κ1) is 15.1. The molecule has 0 radical (unpaired) electrons. The molecule has 0 saturated heterocycles. The smallest absolute Gasteiger partial charge is 0.230 e. The zero-order valence-electron chi connectivity index (χ0n) is 12.5. The first-order chi connectivity index (χ1) is 11.2. The fourth-order valence-electron chi connectivity index (χ4n) is 2.04. The highest BCUT2D eigenvalue weighted by Gasteiger charge is 2.05. The predicted octanol–water partition coefficient (Wildman–Crippen LogP) is 4.63. The molecule has 0 bridgehead atoms. The number of anilines is 4. The van der Waals surface area contributed by atoms with Gasteiger partial charge in [0.15, 0.2) is 0 Å². The Labute approximate surface area is 139 Å². The summed E-state index contributed by atoms with van der Waals surface area (Å²) in [6.45, 7) is 0. The first-order valence-corrected chi connectivity index (χ1v) is 7.38. The van der Waals surface area contributed by atoms with Crippen molar-refractivity contribution in [2.24, 2.45) is 0 Å². The van der Waals surface area contributed by atoms with Crippen LogP contribution in [-0.4, -0.2) is 17.1 Å². The van der Waals surface area contributed by atoms with Crippen LogP contribution in [0.1, 0.15) is 0 Å². The van der Waals surface area contributed by atoms with Crippen LogP contribution in [0.25, 0.3) is 0 Å². The molecule has 23 heavy (non-hydrogen) atoms. The maximum Gasteiger partial charge on any atom is 0.230 e. The molecule has 3 aromatic rings. The molecule has 0 spiro atoms. The molecule has 3 rings (SSSR count). The third-order valence-electron chi connectivity index (χ3n) is 3.07. The number of benzene rings is 2. The molecule has 1 heterocycles. The van der Waals surface area contributed by atoms with E-state index in [0.717, 1.165) is 17.1 Å². The van der Waals surface area contributed by atoms with E-state index in [-0.39, 0.29) is 0 Å². The van der Waals surface area contributed by atoms with E-state index in [1.54, 1.807) is 13.2 Å². The second kappa shape index (κ2) is 6.98. The van der Waals surface area contributed by atoms with Crippen LogP contribution in [0.3, 0.4) is 0 Å². The van der Waals surface area contributed by atoms with Crippen molar-refractivity contribution >= 4 is 34.7 Å². The van der Waals surface area contributed by atoms with Crippen molar-refractivity contribution in [3.63, 3.8) is 0 Å². The molecule has 0 atom stereocenters. The van der Waals surface area contributed by atoms with Gasteiger partial charge in [0.05, 0.1) is 7.11 Å². The summed E-state index contributed by atoms with van der Waals surface area (Å²) in [4.78, 5) is 8.61. The molecule has 1 aromatic heterocycles. The summed E-state index contributed by atoms with van der Waals surface area (Å²) in [6.07, 6.45) is 0. The number of halogens is 1. The predicted molar refractivity (Wildman–Crippen MR) is 93.0 cm³/mol. The number of ether oxygens (including phenoxy) is 1. The lowest BCUT2D eigenvalue weighted by Gasteiger charge is -2.10. The largest absolute Gasteiger partial charge is 0.497 e. The SMILES string of the molecule is COc1cccc(Nc2nc(Cl)cc(Nc3ccccc3)n2)c1. The van der Waals surface area contributed by atoms with E-state index < -0.39 is 0 Å². The van der Waals surface area contributed by atoms with Gasteiger partial charge in [-0.15, -0.1) is 0 Å². The molecule has 116 valence electrons. The molecule has 5 nitrogen and oxygen atoms in total. The van der Waals surface area contributed by atoms with Gasteiger partial charge in [0.2, 0.25) is 5.95 Å². The zero-order valence-corrected chi connectivity index (χ0v) is 13.2. The van der Waals surface area contributed by atoms with E-state index in [1.165, 1.54) is 0 Å². The highest BCUT2D eigenvalue weighted by molar-refractivity contribution is 6.29. The van der Waals surface area contributed by atoms with Gasteiger partial charge in [0.25, 0.3) is 0 Å². The second-order valence-corrected chi connectivity index (χ2v) is 5.13. The maximum absolute atomic E-state index is 6.09. The number of nitrogens with zero attached hydrogens (tertiary/aromatic N) is 2. The quantitative estimate of drug-likeness (QED) is 0.670. The number of aromatic nitrogens is 2. The summed E-state index contributed by atoms with van der Waals surface area (Å²) in [5.41, 5.74) is 1.74. The normalized spacial score (nSPS) is 10.2. The van der Waals surface area contributed by atoms with Gasteiger partial charge in [0.1, 0.15) is 16.7 Å². The Balaban J connectivity index is 1.82. The van der Waals surface area contributed by atoms with Gasteiger partial charge in [0, 0.05) is 23.5 Å². The minimum Gasteiger partial charge on any atom is -0.497 e. The summed E-state index contributed by atoms with van der Waals surface area (Å²) in [6, 6.07) is 18.9. The Morgan fingerprint density at radius 2 is 1.65 bits per heavy atom. The zero-order chi connectivity index (χ0) is 16.1. The lowest BCUT2D eigenvalue weighted by Crippen LogP contribution is -2.01. The van der Waals surface area contributed by atoms with Crippen LogP contribution in [0.15, 0.2) is 60.7 Å². The number of hydrogen-bond acceptors (Lipinski definition) is 5. The van der Waals surface area contributed by atoms with Crippen LogP contribution in [-0.2, 0) is 0 Å². The van der Waals surface area contributed by atoms with Crippen molar-refractivity contribution in [1.29, 1.82) is 0 Å². The van der Waals surface area contributed by atoms with E-state index in [2.05, 4.69) is 20.6 Å². The molecule has 2 N–H and O–H groups in total. The molecule has 6 heteroatoms. The first-order valence-electron chi connectivity index (χ1n) is 7.01. The summed E-state index contributed by atoms with van der Waals surface area (Å²) < 4.78 is 5.20. The van der Waals surface area contributed by atoms with Gasteiger partial charge >= 0.3 is 0 Å². The summed E-state index contributed by atoms with van der Waals surface area (Å²) >= 11 is 6.09. The molecule has 0 aliphatic rings. The minimum absolute atomic E-state index is 0.351. The van der Waals surface area contributed by atoms with Crippen molar-refractivity contribution in [2.45, 2.75) is 0 Å². The topological polar surface area (TPSA) is 59.1 Å². The van der Waals surface area contributed by atoms with Crippen molar-refractivity contribution in [3.8, 4) is 5.75 Å². The van der Waals surface area contributed by atoms with Crippen LogP contribution in [0, 0.1) is 0 Å². The number of methoxy groups -OCH3 is 1. The van der Waals surface area contributed by atoms with Crippen molar-refractivity contribution < 1.29 is 4.74 Å². The number of nitrogens with one attached hydrogen (secondary N) is 2. The van der Waals surface area contributed by atoms with E-state index in [0.29, 0.717) is 16.9 Å². The van der Waals surface area contributed by atoms with Gasteiger partial charge in [-0.05, 0) is 24.3 Å². The monoisotopic (exact) mass is 326 g/mol. The van der Waals surface area contributed by atoms with Crippen molar-refractivity contribution in [3.05, 3.63) is 65.8 Å². The molecule has 0 aliphatic carbocycles. The average molecular weight is 327 g/mol. The Bertz CT molecular complexity index is 796. The van der Waals surface area contributed by atoms with Gasteiger partial charge in [-0.1, -0.05) is 35.9 Å². The Kier molecular flexibility index (Phi) is 4.59. The fourth-order valence-corrected chi connectivity index (χ4v) is 2.22. The van der Waals surface area contributed by atoms with Gasteiger partial charge in [-0.2, -0.15) is 4.98 Å². The van der Waals surface area contributed by atoms with E-state index in [9.17, 15) is 0 Å². The summed E-state index contributed by atoms with van der Waals surface area (Å²) in [7, 11) is 1.62. The van der Waals surface area contributed by atoms with Gasteiger partial charge in [-0.3, -0.25) is 0 Å². The molecule has 0 fully saturated rings. The van der Waals surface area contributed by atoms with Crippen LogP contribution in [0.4, 0.5) is 23.1 Å². The van der Waals surface area contributed by atoms with Crippen LogP contribution in [0.5, 0.6) is 5.75 Å².